The van der Waals surface area contributed by atoms with E-state index in [-0.39, 0.29) is 24.6 Å². The molecule has 124 valence electrons. The maximum Gasteiger partial charge on any atom is 0.231 e. The molecule has 1 saturated carbocycles. The molecule has 4 rings (SSSR count). The molecular formula is C19H18FNO3. The Morgan fingerprint density at radius 3 is 2.54 bits per heavy atom. The third kappa shape index (κ3) is 2.50. The number of halogens is 1. The zero-order valence-electron chi connectivity index (χ0n) is 13.3. The van der Waals surface area contributed by atoms with Gasteiger partial charge >= 0.3 is 0 Å². The van der Waals surface area contributed by atoms with Crippen LogP contribution >= 0.6 is 0 Å². The molecule has 2 aliphatic rings. The van der Waals surface area contributed by atoms with Gasteiger partial charge in [0.15, 0.2) is 11.5 Å². The van der Waals surface area contributed by atoms with Gasteiger partial charge in [-0.25, -0.2) is 4.39 Å². The lowest BCUT2D eigenvalue weighted by molar-refractivity contribution is -0.124. The minimum atomic E-state index is -0.516. The molecule has 0 radical (unpaired) electrons. The van der Waals surface area contributed by atoms with E-state index in [0.717, 1.165) is 29.7 Å². The lowest BCUT2D eigenvalue weighted by Gasteiger charge is -2.20. The molecule has 0 spiro atoms. The third-order valence-corrected chi connectivity index (χ3v) is 4.83. The highest BCUT2D eigenvalue weighted by atomic mass is 19.1. The number of carbonyl (C=O) groups is 1. The zero-order chi connectivity index (χ0) is 16.7. The Morgan fingerprint density at radius 2 is 1.83 bits per heavy atom. The van der Waals surface area contributed by atoms with E-state index in [1.165, 1.54) is 12.1 Å². The van der Waals surface area contributed by atoms with Gasteiger partial charge in [0.25, 0.3) is 0 Å². The molecule has 1 heterocycles. The Hall–Kier alpha value is -2.56. The lowest BCUT2D eigenvalue weighted by Crippen LogP contribution is -2.36. The fraction of sp³-hybridized carbons (Fsp3) is 0.316. The SMILES string of the molecule is CC(NC(=O)C1(c2ccc(F)cc2)CC1)c1ccc2c(c1)OCO2. The van der Waals surface area contributed by atoms with Crippen LogP contribution < -0.4 is 14.8 Å². The van der Waals surface area contributed by atoms with Crippen molar-refractivity contribution < 1.29 is 18.7 Å². The van der Waals surface area contributed by atoms with Crippen LogP contribution in [0, 0.1) is 5.82 Å². The maximum atomic E-state index is 13.1. The van der Waals surface area contributed by atoms with E-state index in [2.05, 4.69) is 5.32 Å². The number of carbonyl (C=O) groups excluding carboxylic acids is 1. The summed E-state index contributed by atoms with van der Waals surface area (Å²) in [5, 5.41) is 3.07. The molecule has 1 atom stereocenters. The van der Waals surface area contributed by atoms with E-state index < -0.39 is 5.41 Å². The van der Waals surface area contributed by atoms with Crippen LogP contribution in [-0.4, -0.2) is 12.7 Å². The van der Waals surface area contributed by atoms with Gasteiger partial charge in [0.2, 0.25) is 12.7 Å². The standard InChI is InChI=1S/C19H18FNO3/c1-12(13-2-7-16-17(10-13)24-11-23-16)21-18(22)19(8-9-19)14-3-5-15(20)6-4-14/h2-7,10,12H,8-9,11H2,1H3,(H,21,22). The smallest absolute Gasteiger partial charge is 0.231 e. The molecule has 1 N–H and O–H groups in total. The lowest BCUT2D eigenvalue weighted by atomic mass is 9.94. The van der Waals surface area contributed by atoms with E-state index in [1.807, 2.05) is 25.1 Å². The fourth-order valence-electron chi connectivity index (χ4n) is 3.14. The summed E-state index contributed by atoms with van der Waals surface area (Å²) in [6.07, 6.45) is 1.58. The highest BCUT2D eigenvalue weighted by molar-refractivity contribution is 5.91. The number of fused-ring (bicyclic) bond motifs is 1. The highest BCUT2D eigenvalue weighted by Crippen LogP contribution is 2.48. The summed E-state index contributed by atoms with van der Waals surface area (Å²) in [4.78, 5) is 12.8. The molecule has 1 aliphatic heterocycles. The van der Waals surface area contributed by atoms with Crippen molar-refractivity contribution in [2.75, 3.05) is 6.79 Å². The number of rotatable bonds is 4. The van der Waals surface area contributed by atoms with Gasteiger partial charge in [-0.15, -0.1) is 0 Å². The molecule has 1 amide bonds. The van der Waals surface area contributed by atoms with Crippen molar-refractivity contribution in [2.24, 2.45) is 0 Å². The fourth-order valence-corrected chi connectivity index (χ4v) is 3.14. The van der Waals surface area contributed by atoms with Crippen LogP contribution in [0.25, 0.3) is 0 Å². The van der Waals surface area contributed by atoms with Crippen LogP contribution in [0.5, 0.6) is 11.5 Å². The topological polar surface area (TPSA) is 47.6 Å². The van der Waals surface area contributed by atoms with Gasteiger partial charge < -0.3 is 14.8 Å². The number of hydrogen-bond acceptors (Lipinski definition) is 3. The van der Waals surface area contributed by atoms with Gasteiger partial charge in [-0.3, -0.25) is 4.79 Å². The summed E-state index contributed by atoms with van der Waals surface area (Å²) in [5.74, 6) is 1.12. The van der Waals surface area contributed by atoms with Crippen LogP contribution in [0.2, 0.25) is 0 Å². The normalized spacial score (nSPS) is 18.1. The molecule has 1 fully saturated rings. The average molecular weight is 327 g/mol. The summed E-state index contributed by atoms with van der Waals surface area (Å²) < 4.78 is 23.8. The monoisotopic (exact) mass is 327 g/mol. The minimum absolute atomic E-state index is 0.0146. The van der Waals surface area contributed by atoms with E-state index in [9.17, 15) is 9.18 Å². The van der Waals surface area contributed by atoms with Gasteiger partial charge in [0.1, 0.15) is 5.82 Å². The molecule has 24 heavy (non-hydrogen) atoms. The maximum absolute atomic E-state index is 13.1. The second-order valence-electron chi connectivity index (χ2n) is 6.40. The molecule has 1 unspecified atom stereocenters. The molecule has 5 heteroatoms. The first-order valence-electron chi connectivity index (χ1n) is 8.05. The number of benzene rings is 2. The summed E-state index contributed by atoms with van der Waals surface area (Å²) >= 11 is 0. The van der Waals surface area contributed by atoms with E-state index in [4.69, 9.17) is 9.47 Å². The molecule has 2 aromatic rings. The second kappa shape index (κ2) is 5.51. The number of hydrogen-bond donors (Lipinski definition) is 1. The summed E-state index contributed by atoms with van der Waals surface area (Å²) in [7, 11) is 0. The van der Waals surface area contributed by atoms with E-state index >= 15 is 0 Å². The number of ether oxygens (including phenoxy) is 2. The Kier molecular flexibility index (Phi) is 3.44. The third-order valence-electron chi connectivity index (χ3n) is 4.83. The Bertz CT molecular complexity index is 784. The number of amides is 1. The van der Waals surface area contributed by atoms with E-state index in [0.29, 0.717) is 5.75 Å². The van der Waals surface area contributed by atoms with Gasteiger partial charge in [0, 0.05) is 0 Å². The summed E-state index contributed by atoms with van der Waals surface area (Å²) in [5.41, 5.74) is 1.32. The summed E-state index contributed by atoms with van der Waals surface area (Å²) in [6, 6.07) is 11.7. The van der Waals surface area contributed by atoms with Gasteiger partial charge in [-0.1, -0.05) is 18.2 Å². The molecule has 0 bridgehead atoms. The first-order valence-corrected chi connectivity index (χ1v) is 8.05. The molecule has 0 aromatic heterocycles. The quantitative estimate of drug-likeness (QED) is 0.935. The first kappa shape index (κ1) is 15.0. The predicted molar refractivity (Wildman–Crippen MR) is 86.4 cm³/mol. The average Bonchev–Trinajstić information content (AvgIpc) is 3.26. The van der Waals surface area contributed by atoms with Crippen LogP contribution in [-0.2, 0) is 10.2 Å². The predicted octanol–water partition coefficient (Wildman–Crippen LogP) is 3.46. The highest BCUT2D eigenvalue weighted by Gasteiger charge is 2.51. The van der Waals surface area contributed by atoms with Crippen molar-refractivity contribution >= 4 is 5.91 Å². The first-order chi connectivity index (χ1) is 11.6. The molecular weight excluding hydrogens is 309 g/mol. The zero-order valence-corrected chi connectivity index (χ0v) is 13.3. The second-order valence-corrected chi connectivity index (χ2v) is 6.40. The van der Waals surface area contributed by atoms with Crippen molar-refractivity contribution in [1.82, 2.24) is 5.32 Å². The largest absolute Gasteiger partial charge is 0.454 e. The van der Waals surface area contributed by atoms with Crippen molar-refractivity contribution in [3.63, 3.8) is 0 Å². The van der Waals surface area contributed by atoms with Crippen LogP contribution in [0.4, 0.5) is 4.39 Å². The van der Waals surface area contributed by atoms with Crippen LogP contribution in [0.3, 0.4) is 0 Å². The van der Waals surface area contributed by atoms with Gasteiger partial charge in [0.05, 0.1) is 11.5 Å². The molecule has 4 nitrogen and oxygen atoms in total. The summed E-state index contributed by atoms with van der Waals surface area (Å²) in [6.45, 7) is 2.17. The molecule has 1 aliphatic carbocycles. The van der Waals surface area contributed by atoms with Crippen LogP contribution in [0.15, 0.2) is 42.5 Å². The Labute approximate surface area is 139 Å². The Morgan fingerprint density at radius 1 is 1.12 bits per heavy atom. The van der Waals surface area contributed by atoms with Crippen LogP contribution in [0.1, 0.15) is 36.9 Å². The molecule has 2 aromatic carbocycles. The van der Waals surface area contributed by atoms with Crippen molar-refractivity contribution in [1.29, 1.82) is 0 Å². The minimum Gasteiger partial charge on any atom is -0.454 e. The van der Waals surface area contributed by atoms with Crippen molar-refractivity contribution in [2.45, 2.75) is 31.2 Å². The Balaban J connectivity index is 1.50. The van der Waals surface area contributed by atoms with E-state index in [1.54, 1.807) is 12.1 Å². The van der Waals surface area contributed by atoms with Gasteiger partial charge in [-0.05, 0) is 55.2 Å². The number of nitrogens with one attached hydrogen (secondary N) is 1. The van der Waals surface area contributed by atoms with Crippen molar-refractivity contribution in [3.8, 4) is 11.5 Å². The van der Waals surface area contributed by atoms with Gasteiger partial charge in [-0.2, -0.15) is 0 Å². The molecule has 0 saturated heterocycles. The van der Waals surface area contributed by atoms with Crippen molar-refractivity contribution in [3.05, 3.63) is 59.4 Å².